The van der Waals surface area contributed by atoms with Crippen LogP contribution in [0.5, 0.6) is 0 Å². The van der Waals surface area contributed by atoms with Crippen molar-refractivity contribution in [3.63, 3.8) is 0 Å². The van der Waals surface area contributed by atoms with Gasteiger partial charge < -0.3 is 4.90 Å². The van der Waals surface area contributed by atoms with E-state index in [4.69, 9.17) is 4.55 Å². The number of unbranched alkanes of at least 4 members (excludes halogenated alkanes) is 1. The first-order chi connectivity index (χ1) is 9.01. The van der Waals surface area contributed by atoms with Crippen LogP contribution >= 0.6 is 23.5 Å². The SMILES string of the molecule is CSC1Sc2ccccc2N1CCCCS(=O)(=O)O. The minimum Gasteiger partial charge on any atom is -0.350 e. The molecule has 0 amide bonds. The van der Waals surface area contributed by atoms with Gasteiger partial charge in [-0.05, 0) is 31.2 Å². The first kappa shape index (κ1) is 15.0. The van der Waals surface area contributed by atoms with Crippen LogP contribution in [-0.4, -0.2) is 36.2 Å². The lowest BCUT2D eigenvalue weighted by atomic mass is 10.2. The zero-order valence-corrected chi connectivity index (χ0v) is 13.1. The smallest absolute Gasteiger partial charge is 0.264 e. The number of thioether (sulfide) groups is 2. The van der Waals surface area contributed by atoms with E-state index in [0.29, 0.717) is 11.1 Å². The normalized spacial score (nSPS) is 18.6. The quantitative estimate of drug-likeness (QED) is 0.643. The molecule has 106 valence electrons. The molecule has 7 heteroatoms. The molecule has 1 aliphatic rings. The summed E-state index contributed by atoms with van der Waals surface area (Å²) in [5.41, 5.74) is 1.22. The summed E-state index contributed by atoms with van der Waals surface area (Å²) >= 11 is 3.61. The molecule has 1 aliphatic heterocycles. The number of hydrogen-bond donors (Lipinski definition) is 1. The predicted octanol–water partition coefficient (Wildman–Crippen LogP) is 2.91. The molecule has 1 aromatic rings. The van der Waals surface area contributed by atoms with Crippen LogP contribution in [0.4, 0.5) is 5.69 Å². The van der Waals surface area contributed by atoms with Crippen molar-refractivity contribution in [2.45, 2.75) is 22.4 Å². The Morgan fingerprint density at radius 3 is 2.79 bits per heavy atom. The number of para-hydroxylation sites is 1. The highest BCUT2D eigenvalue weighted by Crippen LogP contribution is 2.46. The molecule has 1 N–H and O–H groups in total. The van der Waals surface area contributed by atoms with Crippen LogP contribution in [0.15, 0.2) is 29.2 Å². The summed E-state index contributed by atoms with van der Waals surface area (Å²) in [6.07, 6.45) is 3.32. The van der Waals surface area contributed by atoms with Gasteiger partial charge in [-0.25, -0.2) is 0 Å². The number of hydrogen-bond acceptors (Lipinski definition) is 5. The average molecular weight is 319 g/mol. The minimum absolute atomic E-state index is 0.153. The molecule has 1 unspecified atom stereocenters. The number of anilines is 1. The van der Waals surface area contributed by atoms with Gasteiger partial charge in [0.1, 0.15) is 4.71 Å². The Kier molecular flexibility index (Phi) is 5.05. The van der Waals surface area contributed by atoms with E-state index in [1.54, 1.807) is 11.8 Å². The molecule has 4 nitrogen and oxygen atoms in total. The van der Waals surface area contributed by atoms with Crippen molar-refractivity contribution in [1.82, 2.24) is 0 Å². The third-order valence-electron chi connectivity index (χ3n) is 2.91. The fourth-order valence-electron chi connectivity index (χ4n) is 2.05. The highest BCUT2D eigenvalue weighted by molar-refractivity contribution is 8.17. The Morgan fingerprint density at radius 1 is 1.37 bits per heavy atom. The fraction of sp³-hybridized carbons (Fsp3) is 0.500. The Hall–Kier alpha value is -0.370. The largest absolute Gasteiger partial charge is 0.350 e. The van der Waals surface area contributed by atoms with Crippen LogP contribution in [-0.2, 0) is 10.1 Å². The third-order valence-corrected chi connectivity index (χ3v) is 6.29. The summed E-state index contributed by atoms with van der Waals surface area (Å²) in [5, 5.41) is 0. The van der Waals surface area contributed by atoms with Gasteiger partial charge in [0.15, 0.2) is 0 Å². The second-order valence-electron chi connectivity index (χ2n) is 4.31. The van der Waals surface area contributed by atoms with Crippen molar-refractivity contribution in [3.05, 3.63) is 24.3 Å². The molecule has 19 heavy (non-hydrogen) atoms. The van der Waals surface area contributed by atoms with Crippen molar-refractivity contribution in [2.75, 3.05) is 23.5 Å². The van der Waals surface area contributed by atoms with Gasteiger partial charge in [-0.3, -0.25) is 4.55 Å². The Morgan fingerprint density at radius 2 is 2.11 bits per heavy atom. The predicted molar refractivity (Wildman–Crippen MR) is 82.6 cm³/mol. The lowest BCUT2D eigenvalue weighted by Crippen LogP contribution is -2.28. The second-order valence-corrected chi connectivity index (χ2v) is 8.23. The van der Waals surface area contributed by atoms with Gasteiger partial charge in [0.25, 0.3) is 10.1 Å². The van der Waals surface area contributed by atoms with E-state index in [9.17, 15) is 8.42 Å². The average Bonchev–Trinajstić information content (AvgIpc) is 2.71. The Balaban J connectivity index is 1.95. The first-order valence-electron chi connectivity index (χ1n) is 6.01. The van der Waals surface area contributed by atoms with Crippen LogP contribution in [0.2, 0.25) is 0 Å². The van der Waals surface area contributed by atoms with E-state index in [1.807, 2.05) is 23.9 Å². The molecule has 0 aliphatic carbocycles. The van der Waals surface area contributed by atoms with E-state index >= 15 is 0 Å². The van der Waals surface area contributed by atoms with Crippen molar-refractivity contribution < 1.29 is 13.0 Å². The zero-order valence-electron chi connectivity index (χ0n) is 10.7. The van der Waals surface area contributed by atoms with Crippen molar-refractivity contribution in [2.24, 2.45) is 0 Å². The first-order valence-corrected chi connectivity index (χ1v) is 9.79. The second kappa shape index (κ2) is 6.39. The molecule has 2 rings (SSSR count). The topological polar surface area (TPSA) is 57.6 Å². The monoisotopic (exact) mass is 319 g/mol. The summed E-state index contributed by atoms with van der Waals surface area (Å²) < 4.78 is 30.4. The van der Waals surface area contributed by atoms with E-state index in [2.05, 4.69) is 23.3 Å². The van der Waals surface area contributed by atoms with Crippen LogP contribution in [0.1, 0.15) is 12.8 Å². The van der Waals surface area contributed by atoms with Gasteiger partial charge in [0.2, 0.25) is 0 Å². The molecule has 0 saturated carbocycles. The maximum absolute atomic E-state index is 10.7. The summed E-state index contributed by atoms with van der Waals surface area (Å²) in [5.74, 6) is -0.153. The molecule has 0 saturated heterocycles. The molecule has 0 radical (unpaired) electrons. The molecule has 1 atom stereocenters. The lowest BCUT2D eigenvalue weighted by Gasteiger charge is -2.25. The van der Waals surface area contributed by atoms with Crippen molar-refractivity contribution in [3.8, 4) is 0 Å². The van der Waals surface area contributed by atoms with E-state index in [0.717, 1.165) is 13.0 Å². The van der Waals surface area contributed by atoms with Gasteiger partial charge >= 0.3 is 0 Å². The van der Waals surface area contributed by atoms with Crippen molar-refractivity contribution in [1.29, 1.82) is 0 Å². The van der Waals surface area contributed by atoms with Gasteiger partial charge in [-0.15, -0.1) is 11.8 Å². The van der Waals surface area contributed by atoms with Gasteiger partial charge in [-0.1, -0.05) is 23.9 Å². The molecule has 0 bridgehead atoms. The standard InChI is InChI=1S/C12H17NO3S3/c1-17-12-13(8-4-5-9-19(14,15)16)10-6-2-3-7-11(10)18-12/h2-3,6-7,12H,4-5,8-9H2,1H3,(H,14,15,16). The van der Waals surface area contributed by atoms with Gasteiger partial charge in [0.05, 0.1) is 11.4 Å². The van der Waals surface area contributed by atoms with Crippen LogP contribution in [0, 0.1) is 0 Å². The molecule has 0 aromatic heterocycles. The molecular weight excluding hydrogens is 302 g/mol. The van der Waals surface area contributed by atoms with Crippen molar-refractivity contribution >= 4 is 39.3 Å². The van der Waals surface area contributed by atoms with Crippen LogP contribution in [0.3, 0.4) is 0 Å². The summed E-state index contributed by atoms with van der Waals surface area (Å²) in [4.78, 5) is 3.57. The van der Waals surface area contributed by atoms with Crippen LogP contribution < -0.4 is 4.90 Å². The van der Waals surface area contributed by atoms with E-state index < -0.39 is 10.1 Å². The maximum atomic E-state index is 10.7. The minimum atomic E-state index is -3.83. The molecular formula is C12H17NO3S3. The van der Waals surface area contributed by atoms with E-state index in [1.165, 1.54) is 10.6 Å². The number of nitrogens with zero attached hydrogens (tertiary/aromatic N) is 1. The molecule has 1 aromatic carbocycles. The zero-order chi connectivity index (χ0) is 13.9. The summed E-state index contributed by atoms with van der Waals surface area (Å²) in [6.45, 7) is 0.811. The Labute approximate surface area is 122 Å². The lowest BCUT2D eigenvalue weighted by molar-refractivity contribution is 0.480. The number of benzene rings is 1. The molecule has 1 heterocycles. The third kappa shape index (κ3) is 4.05. The van der Waals surface area contributed by atoms with E-state index in [-0.39, 0.29) is 5.75 Å². The van der Waals surface area contributed by atoms with Crippen LogP contribution in [0.25, 0.3) is 0 Å². The van der Waals surface area contributed by atoms with Gasteiger partial charge in [-0.2, -0.15) is 8.42 Å². The van der Waals surface area contributed by atoms with Gasteiger partial charge in [0, 0.05) is 11.4 Å². The summed E-state index contributed by atoms with van der Waals surface area (Å²) in [7, 11) is -3.83. The highest BCUT2D eigenvalue weighted by atomic mass is 32.2. The number of fused-ring (bicyclic) bond motifs is 1. The Bertz CT molecular complexity index is 533. The summed E-state index contributed by atoms with van der Waals surface area (Å²) in [6, 6.07) is 8.26. The number of rotatable bonds is 6. The molecule has 0 spiro atoms. The molecule has 0 fully saturated rings. The maximum Gasteiger partial charge on any atom is 0.264 e. The highest BCUT2D eigenvalue weighted by Gasteiger charge is 2.28. The fourth-order valence-corrected chi connectivity index (χ4v) is 4.81.